The van der Waals surface area contributed by atoms with Crippen molar-refractivity contribution in [2.45, 2.75) is 51.5 Å². The first-order chi connectivity index (χ1) is 11.2. The smallest absolute Gasteiger partial charge is 0.193 e. The van der Waals surface area contributed by atoms with E-state index in [9.17, 15) is 0 Å². The van der Waals surface area contributed by atoms with E-state index in [0.29, 0.717) is 5.92 Å². The third-order valence-electron chi connectivity index (χ3n) is 5.23. The Labute approximate surface area is 165 Å². The van der Waals surface area contributed by atoms with Gasteiger partial charge in [0.05, 0.1) is 6.61 Å². The number of guanidine groups is 1. The van der Waals surface area contributed by atoms with E-state index in [0.717, 1.165) is 38.3 Å². The number of likely N-dealkylation sites (tertiary alicyclic amines) is 1. The summed E-state index contributed by atoms with van der Waals surface area (Å²) < 4.78 is 5.46. The zero-order chi connectivity index (χ0) is 16.5. The van der Waals surface area contributed by atoms with Gasteiger partial charge in [-0.3, -0.25) is 4.99 Å². The first kappa shape index (κ1) is 22.0. The van der Waals surface area contributed by atoms with Crippen LogP contribution in [0.5, 0.6) is 0 Å². The molecular formula is C18H37IN4O. The van der Waals surface area contributed by atoms with E-state index in [2.05, 4.69) is 34.1 Å². The SMILES string of the molecule is CN=C(NCCCCN1CCCCC1C)N(C)CC1CCOC1.I. The number of nitrogens with zero attached hydrogens (tertiary/aromatic N) is 3. The van der Waals surface area contributed by atoms with Crippen LogP contribution in [0, 0.1) is 5.92 Å². The van der Waals surface area contributed by atoms with Crippen LogP contribution in [-0.4, -0.2) is 75.3 Å². The minimum atomic E-state index is 0. The maximum absolute atomic E-state index is 5.46. The van der Waals surface area contributed by atoms with Gasteiger partial charge in [0.25, 0.3) is 0 Å². The number of hydrogen-bond acceptors (Lipinski definition) is 3. The van der Waals surface area contributed by atoms with Crippen molar-refractivity contribution in [1.82, 2.24) is 15.1 Å². The molecule has 5 nitrogen and oxygen atoms in total. The molecule has 142 valence electrons. The van der Waals surface area contributed by atoms with Crippen LogP contribution < -0.4 is 5.32 Å². The first-order valence-electron chi connectivity index (χ1n) is 9.44. The highest BCUT2D eigenvalue weighted by molar-refractivity contribution is 14.0. The maximum Gasteiger partial charge on any atom is 0.193 e. The Hall–Kier alpha value is -0.0800. The molecule has 2 saturated heterocycles. The van der Waals surface area contributed by atoms with Crippen LogP contribution in [0.4, 0.5) is 0 Å². The van der Waals surface area contributed by atoms with Crippen LogP contribution in [0.15, 0.2) is 4.99 Å². The Morgan fingerprint density at radius 1 is 1.29 bits per heavy atom. The van der Waals surface area contributed by atoms with Gasteiger partial charge in [-0.15, -0.1) is 24.0 Å². The van der Waals surface area contributed by atoms with Crippen LogP contribution in [0.1, 0.15) is 45.4 Å². The molecule has 2 aliphatic rings. The molecule has 0 aromatic rings. The lowest BCUT2D eigenvalue weighted by molar-refractivity contribution is 0.158. The van der Waals surface area contributed by atoms with E-state index in [1.54, 1.807) is 0 Å². The van der Waals surface area contributed by atoms with Crippen molar-refractivity contribution < 1.29 is 4.74 Å². The monoisotopic (exact) mass is 452 g/mol. The summed E-state index contributed by atoms with van der Waals surface area (Å²) in [5.74, 6) is 1.67. The van der Waals surface area contributed by atoms with Crippen molar-refractivity contribution in [3.8, 4) is 0 Å². The van der Waals surface area contributed by atoms with E-state index < -0.39 is 0 Å². The van der Waals surface area contributed by atoms with Gasteiger partial charge in [0.15, 0.2) is 5.96 Å². The fourth-order valence-electron chi connectivity index (χ4n) is 3.72. The summed E-state index contributed by atoms with van der Waals surface area (Å²) in [4.78, 5) is 9.31. The van der Waals surface area contributed by atoms with Gasteiger partial charge in [-0.05, 0) is 52.1 Å². The molecule has 0 radical (unpaired) electrons. The number of unbranched alkanes of at least 4 members (excludes halogenated alkanes) is 1. The molecule has 24 heavy (non-hydrogen) atoms. The molecule has 2 atom stereocenters. The normalized spacial score (nSPS) is 25.4. The minimum Gasteiger partial charge on any atom is -0.381 e. The lowest BCUT2D eigenvalue weighted by Gasteiger charge is -2.33. The highest BCUT2D eigenvalue weighted by Gasteiger charge is 2.19. The molecule has 6 heteroatoms. The number of hydrogen-bond donors (Lipinski definition) is 1. The molecule has 2 rings (SSSR count). The van der Waals surface area contributed by atoms with Crippen LogP contribution in [0.3, 0.4) is 0 Å². The average molecular weight is 452 g/mol. The maximum atomic E-state index is 5.46. The number of piperidine rings is 1. The van der Waals surface area contributed by atoms with Crippen molar-refractivity contribution in [2.75, 3.05) is 53.5 Å². The van der Waals surface area contributed by atoms with Crippen LogP contribution in [0.2, 0.25) is 0 Å². The van der Waals surface area contributed by atoms with Crippen molar-refractivity contribution in [1.29, 1.82) is 0 Å². The third kappa shape index (κ3) is 7.44. The van der Waals surface area contributed by atoms with Gasteiger partial charge in [0.1, 0.15) is 0 Å². The summed E-state index contributed by atoms with van der Waals surface area (Å²) in [6.45, 7) is 8.78. The van der Waals surface area contributed by atoms with Crippen LogP contribution in [0.25, 0.3) is 0 Å². The summed E-state index contributed by atoms with van der Waals surface area (Å²) in [6, 6.07) is 0.782. The molecule has 0 spiro atoms. The highest BCUT2D eigenvalue weighted by atomic mass is 127. The summed E-state index contributed by atoms with van der Waals surface area (Å²) in [5, 5.41) is 3.51. The topological polar surface area (TPSA) is 40.1 Å². The van der Waals surface area contributed by atoms with Gasteiger partial charge in [-0.2, -0.15) is 0 Å². The van der Waals surface area contributed by atoms with Crippen molar-refractivity contribution in [3.05, 3.63) is 0 Å². The first-order valence-corrected chi connectivity index (χ1v) is 9.44. The molecule has 0 aromatic carbocycles. The molecule has 0 amide bonds. The number of rotatable bonds is 7. The van der Waals surface area contributed by atoms with Crippen molar-refractivity contribution >= 4 is 29.9 Å². The summed E-state index contributed by atoms with van der Waals surface area (Å²) >= 11 is 0. The second-order valence-corrected chi connectivity index (χ2v) is 7.17. The molecule has 0 aliphatic carbocycles. The Bertz CT molecular complexity index is 361. The van der Waals surface area contributed by atoms with E-state index in [1.165, 1.54) is 51.6 Å². The number of ether oxygens (including phenoxy) is 1. The Morgan fingerprint density at radius 3 is 2.79 bits per heavy atom. The molecule has 2 fully saturated rings. The van der Waals surface area contributed by atoms with Crippen molar-refractivity contribution in [3.63, 3.8) is 0 Å². The summed E-state index contributed by atoms with van der Waals surface area (Å²) in [7, 11) is 4.00. The number of aliphatic imine (C=N–C) groups is 1. The van der Waals surface area contributed by atoms with Gasteiger partial charge in [0.2, 0.25) is 0 Å². The Morgan fingerprint density at radius 2 is 2.12 bits per heavy atom. The fourth-order valence-corrected chi connectivity index (χ4v) is 3.72. The largest absolute Gasteiger partial charge is 0.381 e. The van der Waals surface area contributed by atoms with Crippen LogP contribution >= 0.6 is 24.0 Å². The van der Waals surface area contributed by atoms with E-state index in [4.69, 9.17) is 4.74 Å². The molecule has 1 N–H and O–H groups in total. The third-order valence-corrected chi connectivity index (χ3v) is 5.23. The van der Waals surface area contributed by atoms with Gasteiger partial charge in [-0.1, -0.05) is 6.42 Å². The quantitative estimate of drug-likeness (QED) is 0.279. The Kier molecular flexibility index (Phi) is 11.3. The minimum absolute atomic E-state index is 0. The molecule has 0 saturated carbocycles. The molecule has 0 bridgehead atoms. The molecule has 0 aromatic heterocycles. The average Bonchev–Trinajstić information content (AvgIpc) is 3.05. The zero-order valence-electron chi connectivity index (χ0n) is 15.8. The van der Waals surface area contributed by atoms with Crippen LogP contribution in [-0.2, 0) is 4.74 Å². The molecular weight excluding hydrogens is 415 g/mol. The predicted molar refractivity (Wildman–Crippen MR) is 112 cm³/mol. The van der Waals surface area contributed by atoms with Gasteiger partial charge >= 0.3 is 0 Å². The van der Waals surface area contributed by atoms with E-state index in [1.807, 2.05) is 7.05 Å². The Balaban J connectivity index is 0.00000288. The molecule has 2 heterocycles. The van der Waals surface area contributed by atoms with Gasteiger partial charge in [-0.25, -0.2) is 0 Å². The molecule has 2 aliphatic heterocycles. The lowest BCUT2D eigenvalue weighted by atomic mass is 10.0. The highest BCUT2D eigenvalue weighted by Crippen LogP contribution is 2.16. The number of nitrogens with one attached hydrogen (secondary N) is 1. The molecule has 2 unspecified atom stereocenters. The summed E-state index contributed by atoms with van der Waals surface area (Å²) in [5.41, 5.74) is 0. The van der Waals surface area contributed by atoms with Gasteiger partial charge < -0.3 is 19.9 Å². The zero-order valence-corrected chi connectivity index (χ0v) is 18.1. The predicted octanol–water partition coefficient (Wildman–Crippen LogP) is 2.80. The van der Waals surface area contributed by atoms with E-state index in [-0.39, 0.29) is 24.0 Å². The van der Waals surface area contributed by atoms with Crippen molar-refractivity contribution in [2.24, 2.45) is 10.9 Å². The summed E-state index contributed by atoms with van der Waals surface area (Å²) in [6.07, 6.45) is 7.83. The standard InChI is InChI=1S/C18H36N4O.HI/c1-16-8-4-6-11-22(16)12-7-5-10-20-18(19-2)21(3)14-17-9-13-23-15-17;/h16-17H,4-15H2,1-3H3,(H,19,20);1H. The van der Waals surface area contributed by atoms with Gasteiger partial charge in [0, 0.05) is 45.8 Å². The fraction of sp³-hybridized carbons (Fsp3) is 0.944. The lowest BCUT2D eigenvalue weighted by Crippen LogP contribution is -2.42. The second-order valence-electron chi connectivity index (χ2n) is 7.17. The second kappa shape index (κ2) is 12.3. The van der Waals surface area contributed by atoms with E-state index >= 15 is 0 Å². The number of halogens is 1.